The number of phenolic OH excluding ortho intramolecular Hbond substituents is 1. The first-order chi connectivity index (χ1) is 13.7. The van der Waals surface area contributed by atoms with E-state index in [2.05, 4.69) is 31.4 Å². The molecule has 0 saturated heterocycles. The second-order valence-electron chi connectivity index (χ2n) is 7.79. The molecule has 2 aromatic carbocycles. The van der Waals surface area contributed by atoms with Gasteiger partial charge in [0.1, 0.15) is 5.75 Å². The Balaban J connectivity index is 1.64. The third kappa shape index (κ3) is 5.23. The van der Waals surface area contributed by atoms with Crippen molar-refractivity contribution in [2.45, 2.75) is 32.7 Å². The molecule has 1 aromatic heterocycles. The number of amides is 2. The fraction of sp³-hybridized carbons (Fsp3) is 0.217. The summed E-state index contributed by atoms with van der Waals surface area (Å²) in [5, 5.41) is 17.6. The molecule has 150 valence electrons. The van der Waals surface area contributed by atoms with E-state index in [-0.39, 0.29) is 23.0 Å². The lowest BCUT2D eigenvalue weighted by molar-refractivity contribution is 0.0953. The smallest absolute Gasteiger partial charge is 0.261 e. The average Bonchev–Trinajstić information content (AvgIpc) is 3.22. The van der Waals surface area contributed by atoms with Crippen LogP contribution in [-0.4, -0.2) is 16.9 Å². The number of hydrogen-bond acceptors (Lipinski definition) is 4. The topological polar surface area (TPSA) is 78.4 Å². The summed E-state index contributed by atoms with van der Waals surface area (Å²) in [5.41, 5.74) is 2.67. The van der Waals surface area contributed by atoms with E-state index in [9.17, 15) is 14.7 Å². The highest BCUT2D eigenvalue weighted by Gasteiger charge is 2.17. The van der Waals surface area contributed by atoms with Gasteiger partial charge in [0.25, 0.3) is 11.8 Å². The van der Waals surface area contributed by atoms with E-state index < -0.39 is 0 Å². The van der Waals surface area contributed by atoms with Gasteiger partial charge in [-0.1, -0.05) is 45.0 Å². The van der Waals surface area contributed by atoms with E-state index >= 15 is 0 Å². The minimum atomic E-state index is -0.305. The van der Waals surface area contributed by atoms with Crippen molar-refractivity contribution in [3.63, 3.8) is 0 Å². The first-order valence-corrected chi connectivity index (χ1v) is 10.2. The van der Waals surface area contributed by atoms with Gasteiger partial charge < -0.3 is 15.7 Å². The van der Waals surface area contributed by atoms with Gasteiger partial charge in [-0.15, -0.1) is 11.3 Å². The van der Waals surface area contributed by atoms with Crippen LogP contribution in [0.25, 0.3) is 0 Å². The van der Waals surface area contributed by atoms with Crippen molar-refractivity contribution in [3.8, 4) is 5.75 Å². The molecule has 29 heavy (non-hydrogen) atoms. The summed E-state index contributed by atoms with van der Waals surface area (Å²) in [7, 11) is 0. The number of aromatic hydroxyl groups is 1. The van der Waals surface area contributed by atoms with Crippen molar-refractivity contribution in [2.24, 2.45) is 0 Å². The van der Waals surface area contributed by atoms with Crippen molar-refractivity contribution in [3.05, 3.63) is 81.5 Å². The highest BCUT2D eigenvalue weighted by atomic mass is 32.1. The molecular weight excluding hydrogens is 384 g/mol. The first kappa shape index (κ1) is 20.6. The normalized spacial score (nSPS) is 11.1. The minimum Gasteiger partial charge on any atom is -0.506 e. The molecule has 0 atom stereocenters. The van der Waals surface area contributed by atoms with Crippen molar-refractivity contribution in [2.75, 3.05) is 5.32 Å². The van der Waals surface area contributed by atoms with Crippen LogP contribution in [0.4, 0.5) is 5.69 Å². The Morgan fingerprint density at radius 2 is 1.72 bits per heavy atom. The highest BCUT2D eigenvalue weighted by molar-refractivity contribution is 7.12. The molecule has 3 N–H and O–H groups in total. The fourth-order valence-electron chi connectivity index (χ4n) is 2.75. The van der Waals surface area contributed by atoms with Crippen LogP contribution in [-0.2, 0) is 12.0 Å². The van der Waals surface area contributed by atoms with Crippen LogP contribution < -0.4 is 10.6 Å². The number of hydrogen-bond donors (Lipinski definition) is 3. The third-order valence-electron chi connectivity index (χ3n) is 4.52. The predicted molar refractivity (Wildman–Crippen MR) is 117 cm³/mol. The maximum atomic E-state index is 12.6. The van der Waals surface area contributed by atoms with Crippen LogP contribution in [0.1, 0.15) is 51.9 Å². The van der Waals surface area contributed by atoms with Crippen molar-refractivity contribution in [1.82, 2.24) is 5.32 Å². The van der Waals surface area contributed by atoms with Gasteiger partial charge in [-0.05, 0) is 52.3 Å². The van der Waals surface area contributed by atoms with Crippen LogP contribution in [0, 0.1) is 0 Å². The molecule has 2 amide bonds. The number of anilines is 1. The first-order valence-electron chi connectivity index (χ1n) is 9.29. The van der Waals surface area contributed by atoms with Crippen LogP contribution in [0.15, 0.2) is 60.0 Å². The molecule has 6 heteroatoms. The van der Waals surface area contributed by atoms with Gasteiger partial charge >= 0.3 is 0 Å². The summed E-state index contributed by atoms with van der Waals surface area (Å²) in [6, 6.07) is 15.9. The largest absolute Gasteiger partial charge is 0.506 e. The minimum absolute atomic E-state index is 0.0271. The van der Waals surface area contributed by atoms with Crippen LogP contribution in [0.3, 0.4) is 0 Å². The Morgan fingerprint density at radius 3 is 2.34 bits per heavy atom. The third-order valence-corrected chi connectivity index (χ3v) is 5.39. The molecule has 0 spiro atoms. The molecule has 3 aromatic rings. The standard InChI is InChI=1S/C23H24N2O3S/c1-23(2,3)17-10-11-19(26)18(13-17)25-21(27)16-8-6-15(7-9-16)14-24-22(28)20-5-4-12-29-20/h4-13,26H,14H2,1-3H3,(H,24,28)(H,25,27). The summed E-state index contributed by atoms with van der Waals surface area (Å²) >= 11 is 1.39. The number of thiophene rings is 1. The average molecular weight is 409 g/mol. The van der Waals surface area contributed by atoms with E-state index in [1.54, 1.807) is 42.5 Å². The van der Waals surface area contributed by atoms with Crippen molar-refractivity contribution in [1.29, 1.82) is 0 Å². The Kier molecular flexibility index (Phi) is 6.03. The summed E-state index contributed by atoms with van der Waals surface area (Å²) < 4.78 is 0. The van der Waals surface area contributed by atoms with E-state index in [0.717, 1.165) is 11.1 Å². The lowest BCUT2D eigenvalue weighted by Gasteiger charge is -2.20. The Bertz CT molecular complexity index is 1000. The fourth-order valence-corrected chi connectivity index (χ4v) is 3.39. The molecule has 0 unspecified atom stereocenters. The molecule has 0 aliphatic carbocycles. The molecule has 0 fully saturated rings. The molecule has 0 radical (unpaired) electrons. The highest BCUT2D eigenvalue weighted by Crippen LogP contribution is 2.31. The molecule has 5 nitrogen and oxygen atoms in total. The molecular formula is C23H24N2O3S. The molecule has 0 aliphatic rings. The molecule has 3 rings (SSSR count). The Morgan fingerprint density at radius 1 is 1.00 bits per heavy atom. The Labute approximate surface area is 174 Å². The Hall–Kier alpha value is -3.12. The lowest BCUT2D eigenvalue weighted by Crippen LogP contribution is -2.21. The maximum absolute atomic E-state index is 12.6. The van der Waals surface area contributed by atoms with Crippen LogP contribution >= 0.6 is 11.3 Å². The number of rotatable bonds is 5. The maximum Gasteiger partial charge on any atom is 0.261 e. The summed E-state index contributed by atoms with van der Waals surface area (Å²) in [5.74, 6) is -0.393. The van der Waals surface area contributed by atoms with E-state index in [4.69, 9.17) is 0 Å². The van der Waals surface area contributed by atoms with Gasteiger partial charge in [0.05, 0.1) is 10.6 Å². The van der Waals surface area contributed by atoms with Gasteiger partial charge in [0.2, 0.25) is 0 Å². The van der Waals surface area contributed by atoms with Gasteiger partial charge in [-0.3, -0.25) is 9.59 Å². The monoisotopic (exact) mass is 408 g/mol. The summed E-state index contributed by atoms with van der Waals surface area (Å²) in [6.07, 6.45) is 0. The van der Waals surface area contributed by atoms with Crippen LogP contribution in [0.2, 0.25) is 0 Å². The van der Waals surface area contributed by atoms with Crippen molar-refractivity contribution < 1.29 is 14.7 Å². The molecule has 0 bridgehead atoms. The van der Waals surface area contributed by atoms with Crippen molar-refractivity contribution >= 4 is 28.8 Å². The van der Waals surface area contributed by atoms with E-state index in [1.807, 2.05) is 17.5 Å². The lowest BCUT2D eigenvalue weighted by atomic mass is 9.87. The molecule has 0 saturated carbocycles. The van der Waals surface area contributed by atoms with E-state index in [0.29, 0.717) is 22.7 Å². The predicted octanol–water partition coefficient (Wildman–Crippen LogP) is 4.93. The summed E-state index contributed by atoms with van der Waals surface area (Å²) in [6.45, 7) is 6.59. The number of carbonyl (C=O) groups is 2. The molecule has 0 aliphatic heterocycles. The van der Waals surface area contributed by atoms with Gasteiger partial charge in [0, 0.05) is 12.1 Å². The van der Waals surface area contributed by atoms with Gasteiger partial charge in [-0.25, -0.2) is 0 Å². The zero-order valence-corrected chi connectivity index (χ0v) is 17.5. The SMILES string of the molecule is CC(C)(C)c1ccc(O)c(NC(=O)c2ccc(CNC(=O)c3cccs3)cc2)c1. The van der Waals surface area contributed by atoms with E-state index in [1.165, 1.54) is 11.3 Å². The second-order valence-corrected chi connectivity index (χ2v) is 8.74. The summed E-state index contributed by atoms with van der Waals surface area (Å²) in [4.78, 5) is 25.2. The van der Waals surface area contributed by atoms with Gasteiger partial charge in [0.15, 0.2) is 0 Å². The molecule has 1 heterocycles. The number of carbonyl (C=O) groups excluding carboxylic acids is 2. The second kappa shape index (κ2) is 8.49. The zero-order valence-electron chi connectivity index (χ0n) is 16.7. The zero-order chi connectivity index (χ0) is 21.0. The van der Waals surface area contributed by atoms with Crippen LogP contribution in [0.5, 0.6) is 5.75 Å². The quantitative estimate of drug-likeness (QED) is 0.524. The number of phenols is 1. The number of nitrogens with one attached hydrogen (secondary N) is 2. The number of benzene rings is 2. The van der Waals surface area contributed by atoms with Gasteiger partial charge in [-0.2, -0.15) is 0 Å².